The number of aliphatic hydroxyl groups is 1. The van der Waals surface area contributed by atoms with Crippen molar-refractivity contribution in [3.8, 4) is 6.07 Å². The molecule has 0 aliphatic heterocycles. The molecule has 1 rings (SSSR count). The van der Waals surface area contributed by atoms with E-state index in [1.807, 2.05) is 19.9 Å². The van der Waals surface area contributed by atoms with Crippen LogP contribution in [0.1, 0.15) is 19.4 Å². The van der Waals surface area contributed by atoms with Gasteiger partial charge in [-0.25, -0.2) is 4.79 Å². The quantitative estimate of drug-likeness (QED) is 0.757. The number of anilines is 1. The number of hydrogen-bond acceptors (Lipinski definition) is 3. The molecule has 0 heterocycles. The zero-order valence-electron chi connectivity index (χ0n) is 10.5. The smallest absolute Gasteiger partial charge is 0.319 e. The van der Waals surface area contributed by atoms with Crippen LogP contribution in [0.5, 0.6) is 0 Å². The lowest BCUT2D eigenvalue weighted by Gasteiger charge is -2.20. The molecule has 0 bridgehead atoms. The van der Waals surface area contributed by atoms with Gasteiger partial charge in [0, 0.05) is 5.69 Å². The van der Waals surface area contributed by atoms with E-state index in [0.717, 1.165) is 0 Å². The van der Waals surface area contributed by atoms with Crippen LogP contribution < -0.4 is 10.6 Å². The van der Waals surface area contributed by atoms with Gasteiger partial charge < -0.3 is 15.7 Å². The van der Waals surface area contributed by atoms with Crippen LogP contribution in [0, 0.1) is 17.2 Å². The Labute approximate surface area is 106 Å². The molecule has 5 nitrogen and oxygen atoms in total. The molecule has 1 unspecified atom stereocenters. The number of amides is 2. The zero-order chi connectivity index (χ0) is 13.5. The van der Waals surface area contributed by atoms with E-state index in [9.17, 15) is 4.79 Å². The van der Waals surface area contributed by atoms with Gasteiger partial charge in [-0.3, -0.25) is 0 Å². The van der Waals surface area contributed by atoms with Crippen molar-refractivity contribution in [2.24, 2.45) is 5.92 Å². The van der Waals surface area contributed by atoms with Gasteiger partial charge in [-0.15, -0.1) is 0 Å². The third-order valence-electron chi connectivity index (χ3n) is 2.59. The molecule has 18 heavy (non-hydrogen) atoms. The minimum atomic E-state index is -0.368. The zero-order valence-corrected chi connectivity index (χ0v) is 10.5. The van der Waals surface area contributed by atoms with Crippen LogP contribution in [-0.4, -0.2) is 23.8 Å². The summed E-state index contributed by atoms with van der Waals surface area (Å²) in [6.45, 7) is 3.74. The first kappa shape index (κ1) is 14.0. The predicted octanol–water partition coefficient (Wildman–Crippen LogP) is 1.70. The highest BCUT2D eigenvalue weighted by Crippen LogP contribution is 2.09. The molecule has 1 aromatic rings. The summed E-state index contributed by atoms with van der Waals surface area (Å²) < 4.78 is 0. The van der Waals surface area contributed by atoms with Gasteiger partial charge in [0.2, 0.25) is 0 Å². The Bertz CT molecular complexity index is 435. The maximum atomic E-state index is 11.6. The number of nitriles is 1. The molecule has 0 aliphatic carbocycles. The van der Waals surface area contributed by atoms with Crippen molar-refractivity contribution in [3.63, 3.8) is 0 Å². The van der Waals surface area contributed by atoms with Crippen molar-refractivity contribution in [1.82, 2.24) is 5.32 Å². The van der Waals surface area contributed by atoms with Crippen LogP contribution in [0.3, 0.4) is 0 Å². The summed E-state index contributed by atoms with van der Waals surface area (Å²) >= 11 is 0. The lowest BCUT2D eigenvalue weighted by molar-refractivity contribution is 0.204. The Balaban J connectivity index is 2.56. The van der Waals surface area contributed by atoms with Crippen LogP contribution in [-0.2, 0) is 0 Å². The molecule has 0 saturated heterocycles. The van der Waals surface area contributed by atoms with Crippen molar-refractivity contribution in [2.45, 2.75) is 19.9 Å². The highest BCUT2D eigenvalue weighted by Gasteiger charge is 2.14. The van der Waals surface area contributed by atoms with E-state index in [2.05, 4.69) is 10.6 Å². The Hall–Kier alpha value is -2.06. The van der Waals surface area contributed by atoms with E-state index in [0.29, 0.717) is 11.3 Å². The molecular formula is C13H17N3O2. The highest BCUT2D eigenvalue weighted by atomic mass is 16.3. The minimum Gasteiger partial charge on any atom is -0.394 e. The highest BCUT2D eigenvalue weighted by molar-refractivity contribution is 5.89. The molecule has 5 heteroatoms. The molecule has 0 aromatic heterocycles. The minimum absolute atomic E-state index is 0.0988. The lowest BCUT2D eigenvalue weighted by Crippen LogP contribution is -2.43. The monoisotopic (exact) mass is 247 g/mol. The van der Waals surface area contributed by atoms with Gasteiger partial charge in [0.15, 0.2) is 0 Å². The SMILES string of the molecule is CC(C)C(CO)NC(=O)Nc1ccc(C#N)cc1. The summed E-state index contributed by atoms with van der Waals surface area (Å²) in [5, 5.41) is 23.1. The van der Waals surface area contributed by atoms with E-state index >= 15 is 0 Å². The van der Waals surface area contributed by atoms with Crippen molar-refractivity contribution in [3.05, 3.63) is 29.8 Å². The van der Waals surface area contributed by atoms with E-state index in [4.69, 9.17) is 10.4 Å². The number of nitrogens with zero attached hydrogens (tertiary/aromatic N) is 1. The number of hydrogen-bond donors (Lipinski definition) is 3. The number of urea groups is 1. The van der Waals surface area contributed by atoms with Crippen molar-refractivity contribution in [1.29, 1.82) is 5.26 Å². The Morgan fingerprint density at radius 1 is 1.39 bits per heavy atom. The molecule has 0 fully saturated rings. The van der Waals surface area contributed by atoms with Gasteiger partial charge in [0.1, 0.15) is 0 Å². The normalized spacial score (nSPS) is 11.7. The van der Waals surface area contributed by atoms with Crippen molar-refractivity contribution >= 4 is 11.7 Å². The van der Waals surface area contributed by atoms with Crippen molar-refractivity contribution < 1.29 is 9.90 Å². The molecule has 0 aliphatic rings. The number of carbonyl (C=O) groups excluding carboxylic acids is 1. The first-order valence-corrected chi connectivity index (χ1v) is 5.75. The maximum Gasteiger partial charge on any atom is 0.319 e. The first-order valence-electron chi connectivity index (χ1n) is 5.75. The van der Waals surface area contributed by atoms with Crippen LogP contribution >= 0.6 is 0 Å². The molecular weight excluding hydrogens is 230 g/mol. The predicted molar refractivity (Wildman–Crippen MR) is 69.0 cm³/mol. The molecule has 0 radical (unpaired) electrons. The number of benzene rings is 1. The fraction of sp³-hybridized carbons (Fsp3) is 0.385. The summed E-state index contributed by atoms with van der Waals surface area (Å²) in [6, 6.07) is 7.92. The molecule has 0 spiro atoms. The van der Waals surface area contributed by atoms with Crippen LogP contribution in [0.4, 0.5) is 10.5 Å². The number of aliphatic hydroxyl groups excluding tert-OH is 1. The fourth-order valence-electron chi connectivity index (χ4n) is 1.39. The van der Waals surface area contributed by atoms with Gasteiger partial charge in [0.25, 0.3) is 0 Å². The molecule has 1 atom stereocenters. The molecule has 0 saturated carbocycles. The largest absolute Gasteiger partial charge is 0.394 e. The van der Waals surface area contributed by atoms with Gasteiger partial charge in [-0.05, 0) is 30.2 Å². The van der Waals surface area contributed by atoms with Crippen LogP contribution in [0.25, 0.3) is 0 Å². The van der Waals surface area contributed by atoms with E-state index < -0.39 is 0 Å². The lowest BCUT2D eigenvalue weighted by atomic mass is 10.1. The van der Waals surface area contributed by atoms with Gasteiger partial charge >= 0.3 is 6.03 Å². The van der Waals surface area contributed by atoms with Gasteiger partial charge in [-0.2, -0.15) is 5.26 Å². The van der Waals surface area contributed by atoms with Crippen molar-refractivity contribution in [2.75, 3.05) is 11.9 Å². The third kappa shape index (κ3) is 4.07. The standard InChI is InChI=1S/C13H17N3O2/c1-9(2)12(8-17)16-13(18)15-11-5-3-10(7-14)4-6-11/h3-6,9,12,17H,8H2,1-2H3,(H2,15,16,18). The van der Waals surface area contributed by atoms with E-state index in [1.165, 1.54) is 0 Å². The Morgan fingerprint density at radius 2 is 2.00 bits per heavy atom. The fourth-order valence-corrected chi connectivity index (χ4v) is 1.39. The second-order valence-corrected chi connectivity index (χ2v) is 4.32. The molecule has 96 valence electrons. The second kappa shape index (κ2) is 6.62. The second-order valence-electron chi connectivity index (χ2n) is 4.32. The van der Waals surface area contributed by atoms with Gasteiger partial charge in [-0.1, -0.05) is 13.8 Å². The average Bonchev–Trinajstić information content (AvgIpc) is 2.36. The Morgan fingerprint density at radius 3 is 2.44 bits per heavy atom. The summed E-state index contributed by atoms with van der Waals surface area (Å²) in [7, 11) is 0. The van der Waals surface area contributed by atoms with Crippen LogP contribution in [0.15, 0.2) is 24.3 Å². The van der Waals surface area contributed by atoms with Gasteiger partial charge in [0.05, 0.1) is 24.3 Å². The number of rotatable bonds is 4. The molecule has 3 N–H and O–H groups in total. The average molecular weight is 247 g/mol. The summed E-state index contributed by atoms with van der Waals surface area (Å²) in [5.74, 6) is 0.154. The topological polar surface area (TPSA) is 85.2 Å². The van der Waals surface area contributed by atoms with Crippen LogP contribution in [0.2, 0.25) is 0 Å². The first-order chi connectivity index (χ1) is 8.56. The van der Waals surface area contributed by atoms with E-state index in [1.54, 1.807) is 24.3 Å². The summed E-state index contributed by atoms with van der Waals surface area (Å²) in [5.41, 5.74) is 1.14. The third-order valence-corrected chi connectivity index (χ3v) is 2.59. The summed E-state index contributed by atoms with van der Waals surface area (Å²) in [4.78, 5) is 11.6. The van der Waals surface area contributed by atoms with E-state index in [-0.39, 0.29) is 24.6 Å². The Kier molecular flexibility index (Phi) is 5.15. The maximum absolute atomic E-state index is 11.6. The number of carbonyl (C=O) groups is 1. The number of nitrogens with one attached hydrogen (secondary N) is 2. The molecule has 2 amide bonds. The summed E-state index contributed by atoms with van der Waals surface area (Å²) in [6.07, 6.45) is 0. The molecule has 1 aromatic carbocycles.